The van der Waals surface area contributed by atoms with Crippen LogP contribution in [0.4, 0.5) is 4.39 Å². The van der Waals surface area contributed by atoms with Gasteiger partial charge in [-0.1, -0.05) is 32.1 Å². The highest BCUT2D eigenvalue weighted by atomic mass is 19.1. The first kappa shape index (κ1) is 23.0. The van der Waals surface area contributed by atoms with E-state index in [4.69, 9.17) is 5.10 Å². The molecular formula is C30H24FN5O. The van der Waals surface area contributed by atoms with Crippen molar-refractivity contribution >= 4 is 5.78 Å². The average molecular weight is 490 g/mol. The van der Waals surface area contributed by atoms with Crippen molar-refractivity contribution in [2.24, 2.45) is 11.8 Å². The Morgan fingerprint density at radius 2 is 1.81 bits per heavy atom. The lowest BCUT2D eigenvalue weighted by molar-refractivity contribution is -0.121. The van der Waals surface area contributed by atoms with Crippen molar-refractivity contribution in [3.63, 3.8) is 0 Å². The van der Waals surface area contributed by atoms with E-state index in [1.54, 1.807) is 18.3 Å². The molecule has 0 N–H and O–H groups in total. The molecule has 2 aromatic carbocycles. The van der Waals surface area contributed by atoms with Crippen LogP contribution in [0.2, 0.25) is 0 Å². The molecule has 2 aromatic heterocycles. The Balaban J connectivity index is 1.57. The predicted molar refractivity (Wildman–Crippen MR) is 137 cm³/mol. The quantitative estimate of drug-likeness (QED) is 0.373. The number of fused-ring (bicyclic) bond motifs is 3. The Hall–Kier alpha value is -4.44. The van der Waals surface area contributed by atoms with E-state index in [1.807, 2.05) is 54.1 Å². The molecule has 0 bridgehead atoms. The Morgan fingerprint density at radius 1 is 1.08 bits per heavy atom. The highest BCUT2D eigenvalue weighted by molar-refractivity contribution is 6.02. The third kappa shape index (κ3) is 3.60. The minimum atomic E-state index is -0.569. The minimum Gasteiger partial charge on any atom is -0.293 e. The second kappa shape index (κ2) is 8.59. The molecule has 0 fully saturated rings. The van der Waals surface area contributed by atoms with Crippen LogP contribution in [-0.2, 0) is 16.6 Å². The van der Waals surface area contributed by atoms with Crippen LogP contribution in [-0.4, -0.2) is 25.8 Å². The van der Waals surface area contributed by atoms with Gasteiger partial charge < -0.3 is 0 Å². The Kier molecular flexibility index (Phi) is 5.34. The molecule has 4 aromatic rings. The fraction of sp³-hybridized carbons (Fsp3) is 0.233. The zero-order chi connectivity index (χ0) is 25.7. The molecule has 3 atom stereocenters. The number of carbonyl (C=O) groups excluding carboxylic acids is 1. The number of nitriles is 1. The van der Waals surface area contributed by atoms with Gasteiger partial charge in [-0.15, -0.1) is 0 Å². The van der Waals surface area contributed by atoms with Gasteiger partial charge in [-0.25, -0.2) is 9.07 Å². The monoisotopic (exact) mass is 489 g/mol. The lowest BCUT2D eigenvalue weighted by Gasteiger charge is -2.45. The van der Waals surface area contributed by atoms with E-state index < -0.39 is 5.41 Å². The summed E-state index contributed by atoms with van der Waals surface area (Å²) in [5.41, 5.74) is 5.87. The van der Waals surface area contributed by atoms with E-state index in [-0.39, 0.29) is 29.0 Å². The number of carbonyl (C=O) groups is 1. The molecule has 7 heteroatoms. The van der Waals surface area contributed by atoms with Crippen LogP contribution in [0.15, 0.2) is 78.5 Å². The molecule has 0 saturated carbocycles. The molecule has 2 aliphatic carbocycles. The van der Waals surface area contributed by atoms with E-state index in [9.17, 15) is 14.4 Å². The van der Waals surface area contributed by atoms with Crippen molar-refractivity contribution in [2.45, 2.75) is 32.1 Å². The molecule has 0 unspecified atom stereocenters. The van der Waals surface area contributed by atoms with Gasteiger partial charge in [-0.3, -0.25) is 4.79 Å². The number of allylic oxidation sites excluding steroid dienone is 2. The Labute approximate surface area is 214 Å². The third-order valence-electron chi connectivity index (χ3n) is 7.91. The largest absolute Gasteiger partial charge is 0.293 e. The number of nitrogens with zero attached hydrogens (tertiary/aromatic N) is 5. The summed E-state index contributed by atoms with van der Waals surface area (Å²) < 4.78 is 15.7. The molecular weight excluding hydrogens is 465 g/mol. The van der Waals surface area contributed by atoms with Gasteiger partial charge in [0.1, 0.15) is 11.9 Å². The van der Waals surface area contributed by atoms with Crippen LogP contribution in [0.3, 0.4) is 0 Å². The molecule has 6 rings (SSSR count). The molecule has 2 heterocycles. The van der Waals surface area contributed by atoms with Gasteiger partial charge in [0.25, 0.3) is 0 Å². The van der Waals surface area contributed by atoms with Crippen LogP contribution in [0, 0.1) is 29.0 Å². The molecule has 0 radical (unpaired) electrons. The van der Waals surface area contributed by atoms with E-state index in [0.717, 1.165) is 52.3 Å². The first-order chi connectivity index (χ1) is 17.9. The Bertz CT molecular complexity index is 1580. The maximum atomic E-state index is 13.7. The van der Waals surface area contributed by atoms with E-state index in [1.165, 1.54) is 12.1 Å². The molecule has 0 amide bonds. The smallest absolute Gasteiger partial charge is 0.176 e. The van der Waals surface area contributed by atoms with Crippen molar-refractivity contribution in [2.75, 3.05) is 0 Å². The zero-order valence-corrected chi connectivity index (χ0v) is 20.5. The summed E-state index contributed by atoms with van der Waals surface area (Å²) in [7, 11) is 0. The number of Topliss-reactive ketones (excluding diaryl/α,β-unsaturated/α-hetero) is 1. The van der Waals surface area contributed by atoms with Crippen LogP contribution >= 0.6 is 0 Å². The minimum absolute atomic E-state index is 0.0417. The number of rotatable bonds is 3. The summed E-state index contributed by atoms with van der Waals surface area (Å²) in [6.45, 7) is 4.04. The highest BCUT2D eigenvalue weighted by Gasteiger charge is 2.50. The van der Waals surface area contributed by atoms with Crippen molar-refractivity contribution in [3.8, 4) is 34.3 Å². The summed E-state index contributed by atoms with van der Waals surface area (Å²) in [6, 6.07) is 20.2. The van der Waals surface area contributed by atoms with Crippen molar-refractivity contribution in [3.05, 3.63) is 95.6 Å². The first-order valence-corrected chi connectivity index (χ1v) is 12.3. The van der Waals surface area contributed by atoms with E-state index in [0.29, 0.717) is 0 Å². The summed E-state index contributed by atoms with van der Waals surface area (Å²) in [5.74, 6) is -0.620. The lowest BCUT2D eigenvalue weighted by atomic mass is 9.57. The number of ketones is 1. The second-order valence-electron chi connectivity index (χ2n) is 10.0. The zero-order valence-electron chi connectivity index (χ0n) is 20.5. The van der Waals surface area contributed by atoms with Gasteiger partial charge in [0.05, 0.1) is 28.3 Å². The molecule has 0 spiro atoms. The van der Waals surface area contributed by atoms with Gasteiger partial charge in [0.2, 0.25) is 0 Å². The van der Waals surface area contributed by atoms with Gasteiger partial charge in [-0.05, 0) is 67.3 Å². The van der Waals surface area contributed by atoms with Crippen LogP contribution in [0.1, 0.15) is 31.5 Å². The second-order valence-corrected chi connectivity index (χ2v) is 10.0. The normalized spacial score (nSPS) is 22.5. The van der Waals surface area contributed by atoms with Gasteiger partial charge in [-0.2, -0.15) is 20.6 Å². The molecule has 37 heavy (non-hydrogen) atoms. The molecule has 182 valence electrons. The fourth-order valence-corrected chi connectivity index (χ4v) is 6.10. The third-order valence-corrected chi connectivity index (χ3v) is 7.91. The van der Waals surface area contributed by atoms with Crippen LogP contribution < -0.4 is 0 Å². The van der Waals surface area contributed by atoms with E-state index in [2.05, 4.69) is 23.2 Å². The molecule has 0 aliphatic heterocycles. The molecule has 6 nitrogen and oxygen atoms in total. The highest BCUT2D eigenvalue weighted by Crippen LogP contribution is 2.52. The van der Waals surface area contributed by atoms with E-state index >= 15 is 0 Å². The SMILES string of the molecule is C[C@H]1C(=O)C(C#N)=C[C@@]2(C)c3c(c(-c4ccc(F)cc4)nn3-c3ccc(-c4cccnn4)cc3)CC[C@H]12. The molecule has 0 saturated heterocycles. The van der Waals surface area contributed by atoms with Gasteiger partial charge >= 0.3 is 0 Å². The topological polar surface area (TPSA) is 84.5 Å². The fourth-order valence-electron chi connectivity index (χ4n) is 6.10. The van der Waals surface area contributed by atoms with Crippen LogP contribution in [0.5, 0.6) is 0 Å². The summed E-state index contributed by atoms with van der Waals surface area (Å²) in [4.78, 5) is 12.9. The van der Waals surface area contributed by atoms with Gasteiger partial charge in [0.15, 0.2) is 5.78 Å². The number of hydrogen-bond acceptors (Lipinski definition) is 5. The number of aromatic nitrogens is 4. The predicted octanol–water partition coefficient (Wildman–Crippen LogP) is 5.62. The van der Waals surface area contributed by atoms with Crippen molar-refractivity contribution in [1.82, 2.24) is 20.0 Å². The standard InChI is InChI=1S/C30H24FN5O/c1-18-25-14-13-24-27(20-5-9-22(31)10-6-20)35-36(29(24)30(25,2)16-21(17-32)28(18)37)23-11-7-19(8-12-23)26-4-3-15-33-34-26/h3-12,15-16,18,25H,13-14H2,1-2H3/t18-,25-,30-/m1/s1. The summed E-state index contributed by atoms with van der Waals surface area (Å²) >= 11 is 0. The Morgan fingerprint density at radius 3 is 2.49 bits per heavy atom. The average Bonchev–Trinajstić information content (AvgIpc) is 3.33. The maximum absolute atomic E-state index is 13.7. The number of benzene rings is 2. The van der Waals surface area contributed by atoms with Crippen LogP contribution in [0.25, 0.3) is 28.2 Å². The number of hydrogen-bond donors (Lipinski definition) is 0. The maximum Gasteiger partial charge on any atom is 0.176 e. The number of halogens is 1. The summed E-state index contributed by atoms with van der Waals surface area (Å²) in [5, 5.41) is 23.0. The lowest BCUT2D eigenvalue weighted by Crippen LogP contribution is -2.46. The van der Waals surface area contributed by atoms with Crippen molar-refractivity contribution < 1.29 is 9.18 Å². The van der Waals surface area contributed by atoms with Gasteiger partial charge in [0, 0.05) is 34.2 Å². The summed E-state index contributed by atoms with van der Waals surface area (Å²) in [6.07, 6.45) is 5.03. The van der Waals surface area contributed by atoms with Crippen molar-refractivity contribution in [1.29, 1.82) is 5.26 Å². The first-order valence-electron chi connectivity index (χ1n) is 12.3. The molecule has 2 aliphatic rings.